The van der Waals surface area contributed by atoms with Crippen LogP contribution >= 0.6 is 0 Å². The van der Waals surface area contributed by atoms with Gasteiger partial charge in [-0.3, -0.25) is 0 Å². The van der Waals surface area contributed by atoms with Gasteiger partial charge in [0.2, 0.25) is 0 Å². The standard InChI is InChI=1S/C15H15FN2O2/c1-18(9-10-4-2-5-11(16)8-10)14-12(15(19)20)6-3-7-13(14)17/h2-8H,9,17H2,1H3,(H,19,20). The number of nitrogens with zero attached hydrogens (tertiary/aromatic N) is 1. The molecule has 2 aromatic carbocycles. The van der Waals surface area contributed by atoms with Crippen molar-refractivity contribution in [3.8, 4) is 0 Å². The lowest BCUT2D eigenvalue weighted by Gasteiger charge is -2.23. The lowest BCUT2D eigenvalue weighted by Crippen LogP contribution is -2.21. The molecule has 0 heterocycles. The molecular weight excluding hydrogens is 259 g/mol. The van der Waals surface area contributed by atoms with E-state index < -0.39 is 5.97 Å². The van der Waals surface area contributed by atoms with Gasteiger partial charge >= 0.3 is 5.97 Å². The number of nitrogens with two attached hydrogens (primary N) is 1. The van der Waals surface area contributed by atoms with E-state index in [0.717, 1.165) is 5.56 Å². The van der Waals surface area contributed by atoms with Crippen LogP contribution in [0.1, 0.15) is 15.9 Å². The molecule has 0 fully saturated rings. The van der Waals surface area contributed by atoms with E-state index in [4.69, 9.17) is 5.73 Å². The minimum absolute atomic E-state index is 0.129. The monoisotopic (exact) mass is 274 g/mol. The van der Waals surface area contributed by atoms with Crippen LogP contribution in [0.3, 0.4) is 0 Å². The summed E-state index contributed by atoms with van der Waals surface area (Å²) in [5.41, 5.74) is 7.55. The Balaban J connectivity index is 2.34. The van der Waals surface area contributed by atoms with E-state index in [-0.39, 0.29) is 11.4 Å². The van der Waals surface area contributed by atoms with Crippen LogP contribution in [0.4, 0.5) is 15.8 Å². The summed E-state index contributed by atoms with van der Waals surface area (Å²) in [5.74, 6) is -1.37. The van der Waals surface area contributed by atoms with E-state index in [1.807, 2.05) is 0 Å². The highest BCUT2D eigenvalue weighted by atomic mass is 19.1. The Kier molecular flexibility index (Phi) is 3.89. The summed E-state index contributed by atoms with van der Waals surface area (Å²) in [4.78, 5) is 12.9. The normalized spacial score (nSPS) is 10.3. The number of halogens is 1. The van der Waals surface area contributed by atoms with Gasteiger partial charge in [0.25, 0.3) is 0 Å². The zero-order valence-corrected chi connectivity index (χ0v) is 11.0. The van der Waals surface area contributed by atoms with Gasteiger partial charge in [-0.1, -0.05) is 18.2 Å². The third-order valence-corrected chi connectivity index (χ3v) is 2.99. The highest BCUT2D eigenvalue weighted by Crippen LogP contribution is 2.28. The molecule has 0 atom stereocenters. The lowest BCUT2D eigenvalue weighted by atomic mass is 10.1. The van der Waals surface area contributed by atoms with Crippen molar-refractivity contribution in [3.05, 3.63) is 59.4 Å². The molecule has 0 unspecified atom stereocenters. The summed E-state index contributed by atoms with van der Waals surface area (Å²) in [6.45, 7) is 0.367. The number of rotatable bonds is 4. The maximum absolute atomic E-state index is 13.2. The topological polar surface area (TPSA) is 66.6 Å². The molecule has 0 radical (unpaired) electrons. The summed E-state index contributed by atoms with van der Waals surface area (Å²) >= 11 is 0. The van der Waals surface area contributed by atoms with E-state index in [9.17, 15) is 14.3 Å². The summed E-state index contributed by atoms with van der Waals surface area (Å²) in [6.07, 6.45) is 0. The lowest BCUT2D eigenvalue weighted by molar-refractivity contribution is 0.0697. The van der Waals surface area contributed by atoms with Crippen molar-refractivity contribution in [1.82, 2.24) is 0 Å². The van der Waals surface area contributed by atoms with Crippen molar-refractivity contribution < 1.29 is 14.3 Å². The van der Waals surface area contributed by atoms with Crippen LogP contribution in [0.25, 0.3) is 0 Å². The number of nitrogen functional groups attached to an aromatic ring is 1. The van der Waals surface area contributed by atoms with Gasteiger partial charge in [0.15, 0.2) is 0 Å². The molecule has 0 amide bonds. The number of carboxylic acid groups (broad SMARTS) is 1. The van der Waals surface area contributed by atoms with Gasteiger partial charge in [0.05, 0.1) is 16.9 Å². The fraction of sp³-hybridized carbons (Fsp3) is 0.133. The molecular formula is C15H15FN2O2. The molecule has 0 aromatic heterocycles. The van der Waals surface area contributed by atoms with Crippen LogP contribution in [0.2, 0.25) is 0 Å². The first-order valence-corrected chi connectivity index (χ1v) is 6.06. The predicted molar refractivity (Wildman–Crippen MR) is 76.3 cm³/mol. The second-order valence-corrected chi connectivity index (χ2v) is 4.53. The minimum atomic E-state index is -1.04. The number of aromatic carboxylic acids is 1. The average Bonchev–Trinajstić information content (AvgIpc) is 2.38. The highest BCUT2D eigenvalue weighted by Gasteiger charge is 2.16. The molecule has 0 spiro atoms. The Labute approximate surface area is 116 Å². The first kappa shape index (κ1) is 13.9. The van der Waals surface area contributed by atoms with Gasteiger partial charge in [-0.15, -0.1) is 0 Å². The van der Waals surface area contributed by atoms with E-state index >= 15 is 0 Å². The van der Waals surface area contributed by atoms with E-state index in [1.54, 1.807) is 36.2 Å². The molecule has 0 saturated carbocycles. The van der Waals surface area contributed by atoms with E-state index in [0.29, 0.717) is 17.9 Å². The van der Waals surface area contributed by atoms with Crippen LogP contribution in [-0.4, -0.2) is 18.1 Å². The zero-order chi connectivity index (χ0) is 14.7. The minimum Gasteiger partial charge on any atom is -0.478 e. The number of hydrogen-bond donors (Lipinski definition) is 2. The SMILES string of the molecule is CN(Cc1cccc(F)c1)c1c(N)cccc1C(=O)O. The molecule has 5 heteroatoms. The predicted octanol–water partition coefficient (Wildman–Crippen LogP) is 2.74. The Morgan fingerprint density at radius 1 is 1.30 bits per heavy atom. The summed E-state index contributed by atoms with van der Waals surface area (Å²) in [5, 5.41) is 9.21. The number of anilines is 2. The number of para-hydroxylation sites is 1. The maximum atomic E-state index is 13.2. The fourth-order valence-electron chi connectivity index (χ4n) is 2.15. The molecule has 0 bridgehead atoms. The summed E-state index contributed by atoms with van der Waals surface area (Å²) < 4.78 is 13.2. The Hall–Kier alpha value is -2.56. The quantitative estimate of drug-likeness (QED) is 0.841. The first-order valence-electron chi connectivity index (χ1n) is 6.06. The molecule has 0 aliphatic heterocycles. The van der Waals surface area contributed by atoms with Crippen LogP contribution in [0.15, 0.2) is 42.5 Å². The van der Waals surface area contributed by atoms with Gasteiger partial charge in [-0.25, -0.2) is 9.18 Å². The Morgan fingerprint density at radius 2 is 2.00 bits per heavy atom. The summed E-state index contributed by atoms with van der Waals surface area (Å²) in [6, 6.07) is 10.9. The molecule has 2 rings (SSSR count). The van der Waals surface area contributed by atoms with Crippen molar-refractivity contribution in [1.29, 1.82) is 0 Å². The zero-order valence-electron chi connectivity index (χ0n) is 11.0. The third-order valence-electron chi connectivity index (χ3n) is 2.99. The molecule has 0 aliphatic rings. The molecule has 0 saturated heterocycles. The second kappa shape index (κ2) is 5.61. The van der Waals surface area contributed by atoms with Gasteiger partial charge in [0, 0.05) is 13.6 Å². The number of carboxylic acids is 1. The van der Waals surface area contributed by atoms with E-state index in [2.05, 4.69) is 0 Å². The molecule has 104 valence electrons. The highest BCUT2D eigenvalue weighted by molar-refractivity contribution is 5.97. The van der Waals surface area contributed by atoms with Crippen molar-refractivity contribution in [2.75, 3.05) is 17.7 Å². The van der Waals surface area contributed by atoms with Crippen LogP contribution in [0.5, 0.6) is 0 Å². The van der Waals surface area contributed by atoms with Crippen LogP contribution in [-0.2, 0) is 6.54 Å². The fourth-order valence-corrected chi connectivity index (χ4v) is 2.15. The van der Waals surface area contributed by atoms with Gasteiger partial charge < -0.3 is 15.7 Å². The molecule has 2 aromatic rings. The summed E-state index contributed by atoms with van der Waals surface area (Å²) in [7, 11) is 1.73. The number of hydrogen-bond acceptors (Lipinski definition) is 3. The van der Waals surface area contributed by atoms with E-state index in [1.165, 1.54) is 18.2 Å². The van der Waals surface area contributed by atoms with Gasteiger partial charge in [0.1, 0.15) is 5.82 Å². The van der Waals surface area contributed by atoms with Crippen molar-refractivity contribution in [3.63, 3.8) is 0 Å². The molecule has 20 heavy (non-hydrogen) atoms. The first-order chi connectivity index (χ1) is 9.49. The molecule has 4 nitrogen and oxygen atoms in total. The number of benzene rings is 2. The molecule has 0 aliphatic carbocycles. The molecule has 3 N–H and O–H groups in total. The van der Waals surface area contributed by atoms with Gasteiger partial charge in [-0.2, -0.15) is 0 Å². The van der Waals surface area contributed by atoms with Crippen molar-refractivity contribution in [2.24, 2.45) is 0 Å². The Morgan fingerprint density at radius 3 is 2.65 bits per heavy atom. The van der Waals surface area contributed by atoms with Crippen molar-refractivity contribution in [2.45, 2.75) is 6.54 Å². The van der Waals surface area contributed by atoms with Gasteiger partial charge in [-0.05, 0) is 29.8 Å². The third kappa shape index (κ3) is 2.88. The largest absolute Gasteiger partial charge is 0.478 e. The van der Waals surface area contributed by atoms with Crippen molar-refractivity contribution >= 4 is 17.3 Å². The number of carbonyl (C=O) groups is 1. The Bertz CT molecular complexity index is 644. The average molecular weight is 274 g/mol. The van der Waals surface area contributed by atoms with Crippen LogP contribution < -0.4 is 10.6 Å². The van der Waals surface area contributed by atoms with Crippen LogP contribution in [0, 0.1) is 5.82 Å². The smallest absolute Gasteiger partial charge is 0.337 e. The maximum Gasteiger partial charge on any atom is 0.337 e. The second-order valence-electron chi connectivity index (χ2n) is 4.53.